The number of esters is 1. The second-order valence-electron chi connectivity index (χ2n) is 5.76. The standard InChI is InChI=1S/C22H18N2O4/c1-27-19-12-10-18(11-13-19)22(26)28-20-9-5-6-16(14-20)15-23-24-21(25)17-7-3-2-4-8-17/h2-15H,1H3,(H,24,25). The Balaban J connectivity index is 1.61. The lowest BCUT2D eigenvalue weighted by Gasteiger charge is -2.06. The van der Waals surface area contributed by atoms with Crippen molar-refractivity contribution < 1.29 is 19.1 Å². The lowest BCUT2D eigenvalue weighted by atomic mass is 10.2. The third kappa shape index (κ3) is 5.04. The Morgan fingerprint density at radius 1 is 0.857 bits per heavy atom. The Hall–Kier alpha value is -3.93. The van der Waals surface area contributed by atoms with Gasteiger partial charge in [-0.05, 0) is 54.1 Å². The van der Waals surface area contributed by atoms with Gasteiger partial charge in [-0.15, -0.1) is 0 Å². The molecule has 6 nitrogen and oxygen atoms in total. The molecule has 0 saturated heterocycles. The van der Waals surface area contributed by atoms with Crippen molar-refractivity contribution in [3.8, 4) is 11.5 Å². The molecule has 0 spiro atoms. The van der Waals surface area contributed by atoms with Gasteiger partial charge in [0.15, 0.2) is 0 Å². The van der Waals surface area contributed by atoms with E-state index in [1.165, 1.54) is 6.21 Å². The molecule has 1 N–H and O–H groups in total. The van der Waals surface area contributed by atoms with E-state index in [1.807, 2.05) is 6.07 Å². The zero-order valence-electron chi connectivity index (χ0n) is 15.2. The topological polar surface area (TPSA) is 77.0 Å². The van der Waals surface area contributed by atoms with Crippen LogP contribution in [0, 0.1) is 0 Å². The molecule has 0 saturated carbocycles. The van der Waals surface area contributed by atoms with Gasteiger partial charge in [0.05, 0.1) is 18.9 Å². The van der Waals surface area contributed by atoms with Crippen molar-refractivity contribution in [1.82, 2.24) is 5.43 Å². The first-order chi connectivity index (χ1) is 13.7. The van der Waals surface area contributed by atoms with Crippen molar-refractivity contribution in [2.45, 2.75) is 0 Å². The van der Waals surface area contributed by atoms with Gasteiger partial charge in [-0.1, -0.05) is 30.3 Å². The van der Waals surface area contributed by atoms with E-state index in [0.717, 1.165) is 0 Å². The Morgan fingerprint density at radius 2 is 1.61 bits per heavy atom. The summed E-state index contributed by atoms with van der Waals surface area (Å²) in [5.74, 6) is 0.250. The zero-order valence-corrected chi connectivity index (χ0v) is 15.2. The highest BCUT2D eigenvalue weighted by molar-refractivity contribution is 5.95. The van der Waals surface area contributed by atoms with Crippen LogP contribution in [-0.4, -0.2) is 25.2 Å². The molecule has 0 heterocycles. The van der Waals surface area contributed by atoms with E-state index in [4.69, 9.17) is 9.47 Å². The molecule has 28 heavy (non-hydrogen) atoms. The Labute approximate surface area is 162 Å². The molecule has 0 bridgehead atoms. The highest BCUT2D eigenvalue weighted by atomic mass is 16.5. The fraction of sp³-hybridized carbons (Fsp3) is 0.0455. The van der Waals surface area contributed by atoms with Crippen LogP contribution < -0.4 is 14.9 Å². The average Bonchev–Trinajstić information content (AvgIpc) is 2.74. The molecular formula is C22H18N2O4. The normalized spacial score (nSPS) is 10.5. The summed E-state index contributed by atoms with van der Waals surface area (Å²) in [7, 11) is 1.56. The van der Waals surface area contributed by atoms with Crippen LogP contribution in [0.15, 0.2) is 84.0 Å². The first-order valence-electron chi connectivity index (χ1n) is 8.50. The number of nitrogens with zero attached hydrogens (tertiary/aromatic N) is 1. The Morgan fingerprint density at radius 3 is 2.32 bits per heavy atom. The van der Waals surface area contributed by atoms with Gasteiger partial charge in [-0.25, -0.2) is 10.2 Å². The van der Waals surface area contributed by atoms with Crippen LogP contribution in [0.5, 0.6) is 11.5 Å². The van der Waals surface area contributed by atoms with Gasteiger partial charge >= 0.3 is 5.97 Å². The predicted molar refractivity (Wildman–Crippen MR) is 106 cm³/mol. The maximum Gasteiger partial charge on any atom is 0.343 e. The molecular weight excluding hydrogens is 356 g/mol. The van der Waals surface area contributed by atoms with Gasteiger partial charge in [0.25, 0.3) is 5.91 Å². The summed E-state index contributed by atoms with van der Waals surface area (Å²) in [5, 5.41) is 3.94. The highest BCUT2D eigenvalue weighted by Gasteiger charge is 2.09. The lowest BCUT2D eigenvalue weighted by Crippen LogP contribution is -2.17. The van der Waals surface area contributed by atoms with Crippen molar-refractivity contribution in [3.63, 3.8) is 0 Å². The first kappa shape index (κ1) is 18.8. The number of hydrogen-bond acceptors (Lipinski definition) is 5. The molecule has 0 fully saturated rings. The minimum absolute atomic E-state index is 0.307. The van der Waals surface area contributed by atoms with Crippen LogP contribution in [0.3, 0.4) is 0 Å². The van der Waals surface area contributed by atoms with E-state index >= 15 is 0 Å². The van der Waals surface area contributed by atoms with Crippen molar-refractivity contribution in [2.75, 3.05) is 7.11 Å². The van der Waals surface area contributed by atoms with E-state index in [0.29, 0.717) is 28.2 Å². The number of hydrazone groups is 1. The van der Waals surface area contributed by atoms with Crippen LogP contribution in [0.2, 0.25) is 0 Å². The van der Waals surface area contributed by atoms with Gasteiger partial charge in [0.1, 0.15) is 11.5 Å². The fourth-order valence-corrected chi connectivity index (χ4v) is 2.37. The molecule has 0 unspecified atom stereocenters. The van der Waals surface area contributed by atoms with E-state index < -0.39 is 5.97 Å². The summed E-state index contributed by atoms with van der Waals surface area (Å²) in [6.45, 7) is 0. The quantitative estimate of drug-likeness (QED) is 0.309. The summed E-state index contributed by atoms with van der Waals surface area (Å²) in [6.07, 6.45) is 1.48. The van der Waals surface area contributed by atoms with Gasteiger partial charge in [-0.2, -0.15) is 5.10 Å². The van der Waals surface area contributed by atoms with Crippen molar-refractivity contribution in [1.29, 1.82) is 0 Å². The Kier molecular flexibility index (Phi) is 6.15. The van der Waals surface area contributed by atoms with Gasteiger partial charge in [0, 0.05) is 5.56 Å². The van der Waals surface area contributed by atoms with Crippen LogP contribution in [0.4, 0.5) is 0 Å². The number of hydrogen-bond donors (Lipinski definition) is 1. The fourth-order valence-electron chi connectivity index (χ4n) is 2.37. The maximum atomic E-state index is 12.2. The molecule has 3 aromatic rings. The second-order valence-corrected chi connectivity index (χ2v) is 5.76. The summed E-state index contributed by atoms with van der Waals surface area (Å²) < 4.78 is 10.5. The maximum absolute atomic E-state index is 12.2. The first-order valence-corrected chi connectivity index (χ1v) is 8.50. The number of amides is 1. The third-order valence-corrected chi connectivity index (χ3v) is 3.81. The monoisotopic (exact) mass is 374 g/mol. The molecule has 0 aromatic heterocycles. The van der Waals surface area contributed by atoms with Gasteiger partial charge < -0.3 is 9.47 Å². The molecule has 0 atom stereocenters. The third-order valence-electron chi connectivity index (χ3n) is 3.81. The van der Waals surface area contributed by atoms with E-state index in [1.54, 1.807) is 79.9 Å². The molecule has 0 aliphatic rings. The molecule has 140 valence electrons. The highest BCUT2D eigenvalue weighted by Crippen LogP contribution is 2.16. The molecule has 1 amide bonds. The molecule has 3 aromatic carbocycles. The Bertz CT molecular complexity index is 983. The van der Waals surface area contributed by atoms with Crippen LogP contribution in [-0.2, 0) is 0 Å². The number of nitrogens with one attached hydrogen (secondary N) is 1. The SMILES string of the molecule is COc1ccc(C(=O)Oc2cccc(C=NNC(=O)c3ccccc3)c2)cc1. The minimum Gasteiger partial charge on any atom is -0.497 e. The van der Waals surface area contributed by atoms with E-state index in [9.17, 15) is 9.59 Å². The lowest BCUT2D eigenvalue weighted by molar-refractivity contribution is 0.0734. The van der Waals surface area contributed by atoms with E-state index in [-0.39, 0.29) is 5.91 Å². The smallest absolute Gasteiger partial charge is 0.343 e. The zero-order chi connectivity index (χ0) is 19.8. The molecule has 6 heteroatoms. The van der Waals surface area contributed by atoms with Crippen LogP contribution in [0.1, 0.15) is 26.3 Å². The predicted octanol–water partition coefficient (Wildman–Crippen LogP) is 3.68. The van der Waals surface area contributed by atoms with Crippen LogP contribution >= 0.6 is 0 Å². The molecule has 3 rings (SSSR count). The average molecular weight is 374 g/mol. The second kappa shape index (κ2) is 9.14. The van der Waals surface area contributed by atoms with Crippen molar-refractivity contribution >= 4 is 18.1 Å². The largest absolute Gasteiger partial charge is 0.497 e. The van der Waals surface area contributed by atoms with Crippen molar-refractivity contribution in [2.24, 2.45) is 5.10 Å². The number of carbonyl (C=O) groups excluding carboxylic acids is 2. The number of methoxy groups -OCH3 is 1. The summed E-state index contributed by atoms with van der Waals surface area (Å²) in [6, 6.07) is 22.3. The summed E-state index contributed by atoms with van der Waals surface area (Å²) in [5.41, 5.74) is 4.06. The van der Waals surface area contributed by atoms with Crippen LogP contribution in [0.25, 0.3) is 0 Å². The van der Waals surface area contributed by atoms with Gasteiger partial charge in [0.2, 0.25) is 0 Å². The number of benzene rings is 3. The summed E-state index contributed by atoms with van der Waals surface area (Å²) >= 11 is 0. The number of ether oxygens (including phenoxy) is 2. The molecule has 0 radical (unpaired) electrons. The van der Waals surface area contributed by atoms with Crippen molar-refractivity contribution in [3.05, 3.63) is 95.6 Å². The summed E-state index contributed by atoms with van der Waals surface area (Å²) in [4.78, 5) is 24.2. The van der Waals surface area contributed by atoms with Gasteiger partial charge in [-0.3, -0.25) is 4.79 Å². The number of rotatable bonds is 6. The molecule has 0 aliphatic carbocycles. The molecule has 0 aliphatic heterocycles. The van der Waals surface area contributed by atoms with E-state index in [2.05, 4.69) is 10.5 Å². The minimum atomic E-state index is -0.478. The number of carbonyl (C=O) groups is 2.